The van der Waals surface area contributed by atoms with Crippen molar-refractivity contribution in [2.45, 2.75) is 29.7 Å². The van der Waals surface area contributed by atoms with Crippen molar-refractivity contribution in [1.29, 1.82) is 0 Å². The summed E-state index contributed by atoms with van der Waals surface area (Å²) in [5, 5.41) is 0. The minimum Gasteiger partial charge on any atom is -0.379 e. The molecule has 1 aliphatic heterocycles. The molecular formula is C25H21BrFN3O4S. The molecule has 3 aromatic rings. The van der Waals surface area contributed by atoms with Crippen LogP contribution in [0.4, 0.5) is 4.39 Å². The third kappa shape index (κ3) is 3.90. The number of carbonyl (C=O) groups excluding carboxylic acids is 1. The van der Waals surface area contributed by atoms with Gasteiger partial charge in [0.05, 0.1) is 4.47 Å². The molecule has 0 spiro atoms. The van der Waals surface area contributed by atoms with E-state index in [0.717, 1.165) is 30.4 Å². The Hall–Kier alpha value is -3.24. The molecule has 10 heteroatoms. The molecule has 0 bridgehead atoms. The fraction of sp³-hybridized carbons (Fsp3) is 0.200. The summed E-state index contributed by atoms with van der Waals surface area (Å²) in [6.45, 7) is 0. The van der Waals surface area contributed by atoms with E-state index in [2.05, 4.69) is 20.9 Å². The number of guanidine groups is 1. The lowest BCUT2D eigenvalue weighted by molar-refractivity contribution is -0.129. The molecule has 1 amide bonds. The number of hydrogen-bond acceptors (Lipinski definition) is 6. The maximum Gasteiger partial charge on any atom is 0.339 e. The van der Waals surface area contributed by atoms with Gasteiger partial charge in [0.2, 0.25) is 0 Å². The van der Waals surface area contributed by atoms with Gasteiger partial charge in [-0.1, -0.05) is 24.3 Å². The Balaban J connectivity index is 1.57. The maximum absolute atomic E-state index is 14.0. The topological polar surface area (TPSA) is 102 Å². The molecule has 7 nitrogen and oxygen atoms in total. The quantitative estimate of drug-likeness (QED) is 0.479. The minimum absolute atomic E-state index is 0.0136. The van der Waals surface area contributed by atoms with E-state index in [4.69, 9.17) is 9.92 Å². The number of likely N-dealkylation sites (N-methyl/N-ethyl adjacent to an activating group) is 1. The van der Waals surface area contributed by atoms with Crippen LogP contribution < -0.4 is 9.92 Å². The Kier molecular flexibility index (Phi) is 5.68. The molecule has 35 heavy (non-hydrogen) atoms. The maximum atomic E-state index is 14.0. The zero-order valence-electron chi connectivity index (χ0n) is 18.7. The highest BCUT2D eigenvalue weighted by Crippen LogP contribution is 2.41. The Morgan fingerprint density at radius 3 is 2.51 bits per heavy atom. The van der Waals surface area contributed by atoms with Crippen LogP contribution in [0.3, 0.4) is 0 Å². The number of halogens is 2. The van der Waals surface area contributed by atoms with Crippen molar-refractivity contribution in [3.8, 4) is 5.75 Å². The smallest absolute Gasteiger partial charge is 0.339 e. The van der Waals surface area contributed by atoms with Gasteiger partial charge in [-0.25, -0.2) is 9.38 Å². The van der Waals surface area contributed by atoms with E-state index in [1.807, 2.05) is 6.07 Å². The van der Waals surface area contributed by atoms with Gasteiger partial charge in [-0.2, -0.15) is 8.42 Å². The van der Waals surface area contributed by atoms with Gasteiger partial charge < -0.3 is 9.92 Å². The van der Waals surface area contributed by atoms with Crippen LogP contribution in [-0.2, 0) is 33.3 Å². The van der Waals surface area contributed by atoms with E-state index >= 15 is 0 Å². The van der Waals surface area contributed by atoms with Crippen LogP contribution in [0.2, 0.25) is 0 Å². The molecule has 0 saturated carbocycles. The van der Waals surface area contributed by atoms with Gasteiger partial charge in [-0.15, -0.1) is 0 Å². The van der Waals surface area contributed by atoms with E-state index in [9.17, 15) is 17.6 Å². The van der Waals surface area contributed by atoms with Gasteiger partial charge in [0, 0.05) is 7.05 Å². The van der Waals surface area contributed by atoms with Gasteiger partial charge in [0.15, 0.2) is 11.5 Å². The number of amides is 1. The Morgan fingerprint density at radius 2 is 1.80 bits per heavy atom. The number of rotatable bonds is 5. The first-order valence-electron chi connectivity index (χ1n) is 10.9. The zero-order valence-corrected chi connectivity index (χ0v) is 21.1. The molecule has 5 rings (SSSR count). The fourth-order valence-electron chi connectivity index (χ4n) is 4.56. The number of benzene rings is 3. The van der Waals surface area contributed by atoms with Gasteiger partial charge >= 0.3 is 10.1 Å². The zero-order chi connectivity index (χ0) is 25.0. The summed E-state index contributed by atoms with van der Waals surface area (Å²) in [6, 6.07) is 15.3. The Bertz CT molecular complexity index is 1510. The minimum atomic E-state index is -4.12. The molecule has 0 aromatic heterocycles. The van der Waals surface area contributed by atoms with Crippen molar-refractivity contribution in [2.75, 3.05) is 7.05 Å². The Morgan fingerprint density at radius 1 is 1.06 bits per heavy atom. The van der Waals surface area contributed by atoms with Gasteiger partial charge in [-0.3, -0.25) is 9.69 Å². The molecular weight excluding hydrogens is 537 g/mol. The third-order valence-corrected chi connectivity index (χ3v) is 8.24. The monoisotopic (exact) mass is 557 g/mol. The van der Waals surface area contributed by atoms with Gasteiger partial charge in [0.25, 0.3) is 5.91 Å². The molecule has 1 heterocycles. The van der Waals surface area contributed by atoms with Crippen LogP contribution in [0.5, 0.6) is 5.75 Å². The highest BCUT2D eigenvalue weighted by atomic mass is 79.9. The van der Waals surface area contributed by atoms with E-state index in [0.29, 0.717) is 11.1 Å². The summed E-state index contributed by atoms with van der Waals surface area (Å²) >= 11 is 3.16. The first-order valence-corrected chi connectivity index (χ1v) is 13.1. The molecule has 0 fully saturated rings. The van der Waals surface area contributed by atoms with Crippen LogP contribution in [0.1, 0.15) is 28.7 Å². The predicted octanol–water partition coefficient (Wildman–Crippen LogP) is 3.87. The summed E-state index contributed by atoms with van der Waals surface area (Å²) in [5.74, 6) is -0.975. The molecule has 0 saturated heterocycles. The first-order chi connectivity index (χ1) is 16.6. The summed E-state index contributed by atoms with van der Waals surface area (Å²) in [4.78, 5) is 19.1. The van der Waals surface area contributed by atoms with Crippen LogP contribution in [-0.4, -0.2) is 32.2 Å². The van der Waals surface area contributed by atoms with Crippen LogP contribution in [0, 0.1) is 5.82 Å². The third-order valence-electron chi connectivity index (χ3n) is 6.39. The number of nitrogens with zero attached hydrogens (tertiary/aromatic N) is 2. The SMILES string of the molecule is CN1C(=O)C(c2cccc(OS(=O)(=O)c3ccc4c(c3)CCC4)c2)(c2ccc(F)c(Br)c2)N=C1N. The summed E-state index contributed by atoms with van der Waals surface area (Å²) in [7, 11) is -2.63. The summed E-state index contributed by atoms with van der Waals surface area (Å²) in [6.07, 6.45) is 2.76. The average molecular weight is 558 g/mol. The number of carbonyl (C=O) groups is 1. The van der Waals surface area contributed by atoms with Crippen molar-refractivity contribution in [3.63, 3.8) is 0 Å². The standard InChI is InChI=1S/C25H21BrFN3O4S/c1-30-23(31)25(29-24(30)28,18-9-11-22(27)21(26)14-18)17-6-3-7-19(13-17)34-35(32,33)20-10-8-15-4-2-5-16(15)12-20/h3,6-14H,2,4-5H2,1H3,(H2,28,29). The van der Waals surface area contributed by atoms with E-state index in [1.54, 1.807) is 24.3 Å². The number of nitrogens with two attached hydrogens (primary N) is 1. The first kappa shape index (κ1) is 23.5. The lowest BCUT2D eigenvalue weighted by Gasteiger charge is -2.26. The summed E-state index contributed by atoms with van der Waals surface area (Å²) < 4.78 is 45.7. The molecule has 1 atom stereocenters. The molecule has 1 aliphatic carbocycles. The molecule has 0 radical (unpaired) electrons. The van der Waals surface area contributed by atoms with Gasteiger partial charge in [0.1, 0.15) is 16.5 Å². The van der Waals surface area contributed by atoms with Crippen LogP contribution in [0.25, 0.3) is 0 Å². The molecule has 180 valence electrons. The van der Waals surface area contributed by atoms with Crippen LogP contribution in [0.15, 0.2) is 75.0 Å². The van der Waals surface area contributed by atoms with Gasteiger partial charge in [-0.05, 0) is 93.8 Å². The number of fused-ring (bicyclic) bond motifs is 1. The molecule has 2 N–H and O–H groups in total. The number of aliphatic imine (C=N–C) groups is 1. The highest BCUT2D eigenvalue weighted by Gasteiger charge is 2.50. The fourth-order valence-corrected chi connectivity index (χ4v) is 5.91. The second-order valence-electron chi connectivity index (χ2n) is 8.52. The number of aryl methyl sites for hydroxylation is 2. The van der Waals surface area contributed by atoms with Crippen molar-refractivity contribution in [2.24, 2.45) is 10.7 Å². The summed E-state index contributed by atoms with van der Waals surface area (Å²) in [5.41, 5.74) is 7.21. The van der Waals surface area contributed by atoms with Crippen molar-refractivity contribution in [1.82, 2.24) is 4.90 Å². The molecule has 3 aromatic carbocycles. The van der Waals surface area contributed by atoms with E-state index in [1.165, 1.54) is 42.3 Å². The highest BCUT2D eigenvalue weighted by molar-refractivity contribution is 9.10. The van der Waals surface area contributed by atoms with Crippen molar-refractivity contribution >= 4 is 37.9 Å². The average Bonchev–Trinajstić information content (AvgIpc) is 3.39. The second kappa shape index (κ2) is 8.46. The van der Waals surface area contributed by atoms with Crippen LogP contribution >= 0.6 is 15.9 Å². The Labute approximate surface area is 210 Å². The van der Waals surface area contributed by atoms with E-state index < -0.39 is 27.4 Å². The number of hydrogen-bond donors (Lipinski definition) is 1. The second-order valence-corrected chi connectivity index (χ2v) is 10.9. The lowest BCUT2D eigenvalue weighted by Crippen LogP contribution is -2.41. The molecule has 1 unspecified atom stereocenters. The molecule has 2 aliphatic rings. The van der Waals surface area contributed by atoms with E-state index in [-0.39, 0.29) is 21.1 Å². The lowest BCUT2D eigenvalue weighted by atomic mass is 9.82. The normalized spacial score (nSPS) is 19.6. The van der Waals surface area contributed by atoms with Crippen molar-refractivity contribution < 1.29 is 21.8 Å². The van der Waals surface area contributed by atoms with Crippen molar-refractivity contribution in [3.05, 3.63) is 93.2 Å². The largest absolute Gasteiger partial charge is 0.379 e. The predicted molar refractivity (Wildman–Crippen MR) is 132 cm³/mol.